The monoisotopic (exact) mass is 186 g/mol. The second kappa shape index (κ2) is 7.58. The second-order valence-electron chi connectivity index (χ2n) is 2.91. The molecule has 0 aliphatic rings. The second-order valence-corrected chi connectivity index (χ2v) is 2.91. The van der Waals surface area contributed by atoms with Crippen molar-refractivity contribution in [1.29, 1.82) is 0 Å². The highest BCUT2D eigenvalue weighted by molar-refractivity contribution is 5.83. The van der Waals surface area contributed by atoms with Crippen LogP contribution in [0.3, 0.4) is 0 Å². The van der Waals surface area contributed by atoms with Gasteiger partial charge in [0.05, 0.1) is 7.11 Å². The molecule has 0 atom stereocenters. The first-order valence-corrected chi connectivity index (χ1v) is 4.57. The quantitative estimate of drug-likeness (QED) is 0.407. The first kappa shape index (κ1) is 11.9. The molecule has 0 saturated heterocycles. The van der Waals surface area contributed by atoms with Gasteiger partial charge in [0.25, 0.3) is 0 Å². The minimum atomic E-state index is -0.519. The number of hydrazone groups is 1. The first-order valence-electron chi connectivity index (χ1n) is 4.57. The Morgan fingerprint density at radius 3 is 2.69 bits per heavy atom. The predicted molar refractivity (Wildman–Crippen MR) is 52.8 cm³/mol. The zero-order valence-corrected chi connectivity index (χ0v) is 8.59. The summed E-state index contributed by atoms with van der Waals surface area (Å²) in [6.45, 7) is 4.05. The Labute approximate surface area is 79.3 Å². The highest BCUT2D eigenvalue weighted by atomic mass is 16.5. The average Bonchev–Trinajstić information content (AvgIpc) is 2.14. The fourth-order valence-electron chi connectivity index (χ4n) is 0.873. The van der Waals surface area contributed by atoms with Gasteiger partial charge in [-0.2, -0.15) is 5.10 Å². The number of nitrogens with zero attached hydrogens (tertiary/aromatic N) is 1. The van der Waals surface area contributed by atoms with Crippen molar-refractivity contribution in [2.45, 2.75) is 39.5 Å². The molecular weight excluding hydrogens is 168 g/mol. The Hall–Kier alpha value is -1.06. The zero-order chi connectivity index (χ0) is 10.1. The molecule has 0 rings (SSSR count). The molecule has 0 spiro atoms. The van der Waals surface area contributed by atoms with Gasteiger partial charge in [-0.05, 0) is 19.8 Å². The van der Waals surface area contributed by atoms with E-state index >= 15 is 0 Å². The van der Waals surface area contributed by atoms with Gasteiger partial charge in [-0.1, -0.05) is 19.8 Å². The largest absolute Gasteiger partial charge is 0.452 e. The van der Waals surface area contributed by atoms with Crippen molar-refractivity contribution in [1.82, 2.24) is 5.43 Å². The van der Waals surface area contributed by atoms with Gasteiger partial charge in [-0.25, -0.2) is 10.2 Å². The van der Waals surface area contributed by atoms with Crippen LogP contribution in [0.2, 0.25) is 0 Å². The van der Waals surface area contributed by atoms with E-state index in [9.17, 15) is 4.79 Å². The molecule has 0 aliphatic heterocycles. The van der Waals surface area contributed by atoms with Crippen LogP contribution in [0, 0.1) is 0 Å². The predicted octanol–water partition coefficient (Wildman–Crippen LogP) is 2.30. The molecule has 1 amide bonds. The lowest BCUT2D eigenvalue weighted by Crippen LogP contribution is -2.18. The van der Waals surface area contributed by atoms with E-state index in [1.165, 1.54) is 20.0 Å². The third kappa shape index (κ3) is 7.31. The number of carbonyl (C=O) groups excluding carboxylic acids is 1. The van der Waals surface area contributed by atoms with Crippen molar-refractivity contribution in [2.24, 2.45) is 5.10 Å². The van der Waals surface area contributed by atoms with Gasteiger partial charge in [-0.15, -0.1) is 0 Å². The maximum absolute atomic E-state index is 10.6. The van der Waals surface area contributed by atoms with Crippen LogP contribution in [-0.4, -0.2) is 18.9 Å². The van der Waals surface area contributed by atoms with Gasteiger partial charge >= 0.3 is 6.09 Å². The number of nitrogens with one attached hydrogen (secondary N) is 1. The number of hydrogen-bond acceptors (Lipinski definition) is 3. The fraction of sp³-hybridized carbons (Fsp3) is 0.778. The highest BCUT2D eigenvalue weighted by Gasteiger charge is 1.96. The molecule has 0 aromatic rings. The fourth-order valence-corrected chi connectivity index (χ4v) is 0.873. The third-order valence-corrected chi connectivity index (χ3v) is 1.67. The lowest BCUT2D eigenvalue weighted by atomic mass is 10.1. The Bertz CT molecular complexity index is 178. The van der Waals surface area contributed by atoms with Gasteiger partial charge < -0.3 is 4.74 Å². The van der Waals surface area contributed by atoms with E-state index in [1.54, 1.807) is 0 Å². The van der Waals surface area contributed by atoms with Crippen LogP contribution in [0.25, 0.3) is 0 Å². The van der Waals surface area contributed by atoms with Gasteiger partial charge in [0.15, 0.2) is 0 Å². The molecule has 0 bridgehead atoms. The average molecular weight is 186 g/mol. The van der Waals surface area contributed by atoms with Crippen molar-refractivity contribution in [3.8, 4) is 0 Å². The summed E-state index contributed by atoms with van der Waals surface area (Å²) in [6, 6.07) is 0. The molecular formula is C9H18N2O2. The summed E-state index contributed by atoms with van der Waals surface area (Å²) in [7, 11) is 1.32. The SMILES string of the molecule is CCCCCC(C)=NNC(=O)OC. The van der Waals surface area contributed by atoms with E-state index < -0.39 is 6.09 Å². The van der Waals surface area contributed by atoms with E-state index in [0.29, 0.717) is 0 Å². The van der Waals surface area contributed by atoms with Crippen LogP contribution < -0.4 is 5.43 Å². The lowest BCUT2D eigenvalue weighted by molar-refractivity contribution is 0.171. The molecule has 76 valence electrons. The molecule has 4 nitrogen and oxygen atoms in total. The van der Waals surface area contributed by atoms with E-state index in [4.69, 9.17) is 0 Å². The van der Waals surface area contributed by atoms with Crippen LogP contribution in [0.15, 0.2) is 5.10 Å². The van der Waals surface area contributed by atoms with Gasteiger partial charge in [-0.3, -0.25) is 0 Å². The van der Waals surface area contributed by atoms with Crippen LogP contribution in [0.1, 0.15) is 39.5 Å². The standard InChI is InChI=1S/C9H18N2O2/c1-4-5-6-7-8(2)10-11-9(12)13-3/h4-7H2,1-3H3,(H,11,12). The van der Waals surface area contributed by atoms with Gasteiger partial charge in [0.2, 0.25) is 0 Å². The molecule has 4 heteroatoms. The number of amides is 1. The molecule has 0 fully saturated rings. The van der Waals surface area contributed by atoms with Crippen LogP contribution >= 0.6 is 0 Å². The van der Waals surface area contributed by atoms with Crippen LogP contribution in [0.5, 0.6) is 0 Å². The Kier molecular flexibility index (Phi) is 6.96. The van der Waals surface area contributed by atoms with E-state index in [1.807, 2.05) is 6.92 Å². The summed E-state index contributed by atoms with van der Waals surface area (Å²) in [6.07, 6.45) is 3.92. The lowest BCUT2D eigenvalue weighted by Gasteiger charge is -2.00. The van der Waals surface area contributed by atoms with Crippen LogP contribution in [0.4, 0.5) is 4.79 Å². The molecule has 0 aromatic heterocycles. The number of methoxy groups -OCH3 is 1. The summed E-state index contributed by atoms with van der Waals surface area (Å²) in [4.78, 5) is 10.6. The normalized spacial score (nSPS) is 11.2. The Morgan fingerprint density at radius 1 is 1.46 bits per heavy atom. The van der Waals surface area contributed by atoms with E-state index in [0.717, 1.165) is 18.6 Å². The smallest absolute Gasteiger partial charge is 0.427 e. The molecule has 13 heavy (non-hydrogen) atoms. The molecule has 0 heterocycles. The van der Waals surface area contributed by atoms with Crippen molar-refractivity contribution >= 4 is 11.8 Å². The molecule has 0 aromatic carbocycles. The number of carbonyl (C=O) groups is 1. The first-order chi connectivity index (χ1) is 6.20. The molecule has 1 N–H and O–H groups in total. The molecule has 0 unspecified atom stereocenters. The Balaban J connectivity index is 3.56. The zero-order valence-electron chi connectivity index (χ0n) is 8.59. The number of ether oxygens (including phenoxy) is 1. The van der Waals surface area contributed by atoms with Gasteiger partial charge in [0, 0.05) is 5.71 Å². The molecule has 0 aliphatic carbocycles. The minimum absolute atomic E-state index is 0.519. The summed E-state index contributed by atoms with van der Waals surface area (Å²) in [5, 5.41) is 3.86. The van der Waals surface area contributed by atoms with E-state index in [-0.39, 0.29) is 0 Å². The van der Waals surface area contributed by atoms with E-state index in [2.05, 4.69) is 22.2 Å². The van der Waals surface area contributed by atoms with Crippen molar-refractivity contribution in [3.63, 3.8) is 0 Å². The maximum Gasteiger partial charge on any atom is 0.427 e. The van der Waals surface area contributed by atoms with Crippen LogP contribution in [-0.2, 0) is 4.74 Å². The highest BCUT2D eigenvalue weighted by Crippen LogP contribution is 1.99. The number of unbranched alkanes of at least 4 members (excludes halogenated alkanes) is 2. The van der Waals surface area contributed by atoms with Crippen molar-refractivity contribution < 1.29 is 9.53 Å². The number of rotatable bonds is 5. The maximum atomic E-state index is 10.6. The summed E-state index contributed by atoms with van der Waals surface area (Å²) >= 11 is 0. The molecule has 0 radical (unpaired) electrons. The Morgan fingerprint density at radius 2 is 2.15 bits per heavy atom. The third-order valence-electron chi connectivity index (χ3n) is 1.67. The van der Waals surface area contributed by atoms with Crippen molar-refractivity contribution in [2.75, 3.05) is 7.11 Å². The topological polar surface area (TPSA) is 50.7 Å². The molecule has 0 saturated carbocycles. The minimum Gasteiger partial charge on any atom is -0.452 e. The summed E-state index contributed by atoms with van der Waals surface area (Å²) in [5.41, 5.74) is 3.22. The number of hydrogen-bond donors (Lipinski definition) is 1. The van der Waals surface area contributed by atoms with Gasteiger partial charge in [0.1, 0.15) is 0 Å². The summed E-state index contributed by atoms with van der Waals surface area (Å²) < 4.78 is 4.37. The summed E-state index contributed by atoms with van der Waals surface area (Å²) in [5.74, 6) is 0. The van der Waals surface area contributed by atoms with Crippen molar-refractivity contribution in [3.05, 3.63) is 0 Å².